The van der Waals surface area contributed by atoms with E-state index in [1.807, 2.05) is 35.8 Å². The summed E-state index contributed by atoms with van der Waals surface area (Å²) < 4.78 is 1.98. The van der Waals surface area contributed by atoms with Gasteiger partial charge in [-0.25, -0.2) is 0 Å². The van der Waals surface area contributed by atoms with Crippen molar-refractivity contribution in [3.05, 3.63) is 70.8 Å². The Balaban J connectivity index is 1.59. The van der Waals surface area contributed by atoms with E-state index in [0.717, 1.165) is 36.3 Å². The molecular weight excluding hydrogens is 336 g/mol. The van der Waals surface area contributed by atoms with Gasteiger partial charge in [0, 0.05) is 68.6 Å². The number of pyridine rings is 1. The van der Waals surface area contributed by atoms with Gasteiger partial charge in [-0.15, -0.1) is 0 Å². The predicted molar refractivity (Wildman–Crippen MR) is 105 cm³/mol. The second-order valence-electron chi connectivity index (χ2n) is 7.20. The smallest absolute Gasteiger partial charge is 0.219 e. The van der Waals surface area contributed by atoms with Crippen LogP contribution in [-0.4, -0.2) is 32.1 Å². The molecule has 0 radical (unpaired) electrons. The summed E-state index contributed by atoms with van der Waals surface area (Å²) in [6, 6.07) is 12.7. The minimum Gasteiger partial charge on any atom is -0.338 e. The summed E-state index contributed by atoms with van der Waals surface area (Å²) >= 11 is 0. The average Bonchev–Trinajstić information content (AvgIpc) is 2.98. The number of nitrogens with zero attached hydrogens (tertiary/aromatic N) is 4. The van der Waals surface area contributed by atoms with Crippen molar-refractivity contribution in [2.75, 3.05) is 6.54 Å². The topological polar surface area (TPSA) is 51.0 Å². The molecule has 4 rings (SSSR count). The molecule has 0 aliphatic carbocycles. The Morgan fingerprint density at radius 1 is 1.19 bits per heavy atom. The summed E-state index contributed by atoms with van der Waals surface area (Å²) in [6.45, 7) is 5.12. The number of carbonyl (C=O) groups excluding carboxylic acids is 1. The van der Waals surface area contributed by atoms with E-state index in [1.54, 1.807) is 6.92 Å². The Morgan fingerprint density at radius 3 is 2.67 bits per heavy atom. The van der Waals surface area contributed by atoms with Gasteiger partial charge >= 0.3 is 0 Å². The van der Waals surface area contributed by atoms with Crippen LogP contribution in [0.4, 0.5) is 0 Å². The number of hydrogen-bond donors (Lipinski definition) is 0. The lowest BCUT2D eigenvalue weighted by Gasteiger charge is -2.26. The highest BCUT2D eigenvalue weighted by Crippen LogP contribution is 2.26. The minimum atomic E-state index is 0.131. The zero-order valence-corrected chi connectivity index (χ0v) is 16.1. The molecule has 27 heavy (non-hydrogen) atoms. The first-order valence-electron chi connectivity index (χ1n) is 9.33. The van der Waals surface area contributed by atoms with Crippen LogP contribution in [0.25, 0.3) is 11.1 Å². The Morgan fingerprint density at radius 2 is 1.96 bits per heavy atom. The number of carbonyl (C=O) groups is 1. The molecular formula is C22H24N4O. The minimum absolute atomic E-state index is 0.131. The zero-order chi connectivity index (χ0) is 19.0. The van der Waals surface area contributed by atoms with E-state index in [0.29, 0.717) is 6.54 Å². The SMILES string of the molecule is CC(=O)N1CCc2c(c(Cc3ccc(-c4cccnc4C)cc3)nn2C)C1. The van der Waals surface area contributed by atoms with E-state index in [2.05, 4.69) is 35.3 Å². The summed E-state index contributed by atoms with van der Waals surface area (Å²) in [6.07, 6.45) is 3.47. The van der Waals surface area contributed by atoms with Gasteiger partial charge in [-0.2, -0.15) is 5.10 Å². The molecule has 0 N–H and O–H groups in total. The van der Waals surface area contributed by atoms with Crippen molar-refractivity contribution in [3.8, 4) is 11.1 Å². The first kappa shape index (κ1) is 17.5. The summed E-state index contributed by atoms with van der Waals surface area (Å²) in [4.78, 5) is 18.1. The Hall–Kier alpha value is -2.95. The molecule has 5 heteroatoms. The Kier molecular flexibility index (Phi) is 4.52. The van der Waals surface area contributed by atoms with Crippen molar-refractivity contribution in [2.45, 2.75) is 33.2 Å². The second kappa shape index (κ2) is 6.99. The van der Waals surface area contributed by atoms with Gasteiger partial charge in [0.1, 0.15) is 0 Å². The number of hydrogen-bond acceptors (Lipinski definition) is 3. The van der Waals surface area contributed by atoms with Crippen molar-refractivity contribution < 1.29 is 4.79 Å². The van der Waals surface area contributed by atoms with Crippen LogP contribution >= 0.6 is 0 Å². The van der Waals surface area contributed by atoms with Crippen LogP contribution in [-0.2, 0) is 31.2 Å². The maximum absolute atomic E-state index is 11.8. The molecule has 1 aromatic carbocycles. The van der Waals surface area contributed by atoms with Gasteiger partial charge in [0.2, 0.25) is 5.91 Å². The molecule has 5 nitrogen and oxygen atoms in total. The summed E-state index contributed by atoms with van der Waals surface area (Å²) in [5.74, 6) is 0.131. The molecule has 0 saturated carbocycles. The Labute approximate surface area is 159 Å². The van der Waals surface area contributed by atoms with Crippen LogP contribution in [0.3, 0.4) is 0 Å². The maximum Gasteiger partial charge on any atom is 0.219 e. The van der Waals surface area contributed by atoms with Crippen molar-refractivity contribution in [1.82, 2.24) is 19.7 Å². The second-order valence-corrected chi connectivity index (χ2v) is 7.20. The van der Waals surface area contributed by atoms with Crippen molar-refractivity contribution >= 4 is 5.91 Å². The molecule has 1 aliphatic rings. The van der Waals surface area contributed by atoms with Crippen LogP contribution < -0.4 is 0 Å². The molecule has 0 saturated heterocycles. The quantitative estimate of drug-likeness (QED) is 0.720. The molecule has 0 unspecified atom stereocenters. The zero-order valence-electron chi connectivity index (χ0n) is 16.1. The highest BCUT2D eigenvalue weighted by atomic mass is 16.2. The largest absolute Gasteiger partial charge is 0.338 e. The molecule has 0 spiro atoms. The number of amides is 1. The van der Waals surface area contributed by atoms with E-state index in [-0.39, 0.29) is 5.91 Å². The number of benzene rings is 1. The van der Waals surface area contributed by atoms with Crippen molar-refractivity contribution in [1.29, 1.82) is 0 Å². The molecule has 2 aromatic heterocycles. The van der Waals surface area contributed by atoms with Gasteiger partial charge < -0.3 is 4.90 Å². The van der Waals surface area contributed by atoms with Gasteiger partial charge in [0.25, 0.3) is 0 Å². The van der Waals surface area contributed by atoms with Gasteiger partial charge in [-0.3, -0.25) is 14.5 Å². The van der Waals surface area contributed by atoms with E-state index in [9.17, 15) is 4.79 Å². The lowest BCUT2D eigenvalue weighted by Crippen LogP contribution is -2.34. The highest BCUT2D eigenvalue weighted by molar-refractivity contribution is 5.73. The third-order valence-corrected chi connectivity index (χ3v) is 5.41. The normalized spacial score (nSPS) is 13.5. The molecule has 3 heterocycles. The Bertz CT molecular complexity index is 988. The fourth-order valence-corrected chi connectivity index (χ4v) is 3.87. The average molecular weight is 360 g/mol. The van der Waals surface area contributed by atoms with E-state index < -0.39 is 0 Å². The van der Waals surface area contributed by atoms with Gasteiger partial charge in [-0.05, 0) is 24.1 Å². The fraction of sp³-hybridized carbons (Fsp3) is 0.318. The van der Waals surface area contributed by atoms with E-state index in [1.165, 1.54) is 22.4 Å². The predicted octanol–water partition coefficient (Wildman–Crippen LogP) is 3.29. The van der Waals surface area contributed by atoms with Gasteiger partial charge in [0.15, 0.2) is 0 Å². The molecule has 0 fully saturated rings. The molecule has 0 bridgehead atoms. The highest BCUT2D eigenvalue weighted by Gasteiger charge is 2.25. The monoisotopic (exact) mass is 360 g/mol. The standard InChI is InChI=1S/C22H24N4O/c1-15-19(5-4-11-23-15)18-8-6-17(7-9-18)13-21-20-14-26(16(2)27)12-10-22(20)25(3)24-21/h4-9,11H,10,12-14H2,1-3H3. The molecule has 0 atom stereocenters. The fourth-order valence-electron chi connectivity index (χ4n) is 3.87. The first-order valence-corrected chi connectivity index (χ1v) is 9.33. The molecule has 1 aliphatic heterocycles. The maximum atomic E-state index is 11.8. The number of fused-ring (bicyclic) bond motifs is 1. The van der Waals surface area contributed by atoms with Crippen LogP contribution in [0.15, 0.2) is 42.6 Å². The lowest BCUT2D eigenvalue weighted by atomic mass is 9.98. The summed E-state index contributed by atoms with van der Waals surface area (Å²) in [5.41, 5.74) is 8.14. The number of aromatic nitrogens is 3. The summed E-state index contributed by atoms with van der Waals surface area (Å²) in [5, 5.41) is 4.74. The third-order valence-electron chi connectivity index (χ3n) is 5.41. The van der Waals surface area contributed by atoms with E-state index in [4.69, 9.17) is 5.10 Å². The summed E-state index contributed by atoms with van der Waals surface area (Å²) in [7, 11) is 2.00. The van der Waals surface area contributed by atoms with Crippen molar-refractivity contribution in [2.24, 2.45) is 7.05 Å². The van der Waals surface area contributed by atoms with Crippen LogP contribution in [0.1, 0.15) is 35.1 Å². The molecule has 3 aromatic rings. The van der Waals surface area contributed by atoms with Crippen LogP contribution in [0, 0.1) is 6.92 Å². The molecule has 1 amide bonds. The van der Waals surface area contributed by atoms with E-state index >= 15 is 0 Å². The van der Waals surface area contributed by atoms with Gasteiger partial charge in [0.05, 0.1) is 5.69 Å². The molecule has 138 valence electrons. The van der Waals surface area contributed by atoms with Crippen LogP contribution in [0.5, 0.6) is 0 Å². The lowest BCUT2D eigenvalue weighted by molar-refractivity contribution is -0.129. The number of rotatable bonds is 3. The first-order chi connectivity index (χ1) is 13.0. The van der Waals surface area contributed by atoms with Crippen LogP contribution in [0.2, 0.25) is 0 Å². The van der Waals surface area contributed by atoms with Crippen molar-refractivity contribution in [3.63, 3.8) is 0 Å². The number of aryl methyl sites for hydroxylation is 2. The third kappa shape index (κ3) is 3.37. The van der Waals surface area contributed by atoms with Gasteiger partial charge in [-0.1, -0.05) is 30.3 Å².